The largest absolute Gasteiger partial charge is 0.435 e. The third kappa shape index (κ3) is 5.97. The van der Waals surface area contributed by atoms with Gasteiger partial charge >= 0.3 is 18.5 Å². The summed E-state index contributed by atoms with van der Waals surface area (Å²) in [7, 11) is 0. The minimum absolute atomic E-state index is 0.0734. The molecule has 0 radical (unpaired) electrons. The van der Waals surface area contributed by atoms with E-state index in [1.165, 1.54) is 25.1 Å². The van der Waals surface area contributed by atoms with E-state index in [1.807, 2.05) is 0 Å². The molecular weight excluding hydrogens is 507 g/mol. The Morgan fingerprint density at radius 2 is 1.55 bits per heavy atom. The zero-order valence-electron chi connectivity index (χ0n) is 16.3. The van der Waals surface area contributed by atoms with Gasteiger partial charge in [-0.2, -0.15) is 44.6 Å². The lowest BCUT2D eigenvalue weighted by atomic mass is 10.1. The van der Waals surface area contributed by atoms with Gasteiger partial charge in [0.25, 0.3) is 0 Å². The molecule has 0 unspecified atom stereocenters. The molecule has 0 bridgehead atoms. The molecule has 0 aliphatic heterocycles. The van der Waals surface area contributed by atoms with Crippen molar-refractivity contribution in [3.63, 3.8) is 0 Å². The van der Waals surface area contributed by atoms with Crippen LogP contribution in [0.2, 0.25) is 5.02 Å². The highest BCUT2D eigenvalue weighted by atomic mass is 35.5. The normalized spacial score (nSPS) is 12.9. The smallest absolute Gasteiger partial charge is 0.231 e. The highest BCUT2D eigenvalue weighted by Crippen LogP contribution is 2.39. The number of aromatic nitrogens is 2. The predicted molar refractivity (Wildman–Crippen MR) is 106 cm³/mol. The first-order chi connectivity index (χ1) is 15.1. The Balaban J connectivity index is 2.15. The molecule has 0 atom stereocenters. The highest BCUT2D eigenvalue weighted by Gasteiger charge is 2.36. The van der Waals surface area contributed by atoms with Crippen molar-refractivity contribution >= 4 is 23.4 Å². The lowest BCUT2D eigenvalue weighted by molar-refractivity contribution is -0.141. The number of benzene rings is 2. The van der Waals surface area contributed by atoms with Crippen molar-refractivity contribution in [1.82, 2.24) is 9.78 Å². The number of rotatable bonds is 4. The van der Waals surface area contributed by atoms with Crippen LogP contribution < -0.4 is 0 Å². The van der Waals surface area contributed by atoms with Gasteiger partial charge < -0.3 is 0 Å². The Kier molecular flexibility index (Phi) is 6.73. The maximum atomic E-state index is 13.3. The number of hydrogen-bond donors (Lipinski definition) is 0. The standard InChI is InChI=1S/C20H12ClF9N2S/c1-10-2-3-11(6-16(10)33-9-18(22,23)24)15-8-17(20(28,29)30)31-32(15)14-5-4-12(7-13(14)21)19(25,26)27/h2-8H,9H2,1H3. The number of alkyl halides is 9. The van der Waals surface area contributed by atoms with E-state index < -0.39 is 40.6 Å². The first-order valence-electron chi connectivity index (χ1n) is 8.91. The third-order valence-corrected chi connectivity index (χ3v) is 5.90. The SMILES string of the molecule is Cc1ccc(-c2cc(C(F)(F)F)nn2-c2ccc(C(F)(F)F)cc2Cl)cc1SCC(F)(F)F. The molecule has 0 saturated heterocycles. The molecule has 0 amide bonds. The predicted octanol–water partition coefficient (Wildman–Crippen LogP) is 8.19. The van der Waals surface area contributed by atoms with Gasteiger partial charge in [0.15, 0.2) is 5.69 Å². The number of aryl methyl sites for hydroxylation is 1. The number of hydrogen-bond acceptors (Lipinski definition) is 2. The van der Waals surface area contributed by atoms with Gasteiger partial charge in [0.2, 0.25) is 0 Å². The van der Waals surface area contributed by atoms with Crippen molar-refractivity contribution in [2.24, 2.45) is 0 Å². The summed E-state index contributed by atoms with van der Waals surface area (Å²) in [5.74, 6) is -1.21. The summed E-state index contributed by atoms with van der Waals surface area (Å²) in [6.07, 6.45) is -14.1. The van der Waals surface area contributed by atoms with Gasteiger partial charge in [-0.25, -0.2) is 4.68 Å². The molecule has 0 fully saturated rings. The summed E-state index contributed by atoms with van der Waals surface area (Å²) in [4.78, 5) is 0.171. The molecule has 1 aromatic heterocycles. The van der Waals surface area contributed by atoms with Crippen LogP contribution in [0.1, 0.15) is 16.8 Å². The van der Waals surface area contributed by atoms with Crippen LogP contribution in [0.5, 0.6) is 0 Å². The zero-order valence-corrected chi connectivity index (χ0v) is 17.9. The van der Waals surface area contributed by atoms with Gasteiger partial charge in [-0.05, 0) is 42.8 Å². The Hall–Kier alpha value is -2.34. The topological polar surface area (TPSA) is 17.8 Å². The Labute approximate surface area is 190 Å². The molecule has 0 saturated carbocycles. The second-order valence-electron chi connectivity index (χ2n) is 6.87. The summed E-state index contributed by atoms with van der Waals surface area (Å²) in [5.41, 5.74) is -2.40. The van der Waals surface area contributed by atoms with Gasteiger partial charge in [-0.15, -0.1) is 11.8 Å². The minimum atomic E-state index is -4.89. The van der Waals surface area contributed by atoms with E-state index in [0.717, 1.165) is 6.07 Å². The van der Waals surface area contributed by atoms with Gasteiger partial charge in [-0.1, -0.05) is 23.7 Å². The van der Waals surface area contributed by atoms with Crippen LogP contribution in [-0.2, 0) is 12.4 Å². The van der Waals surface area contributed by atoms with E-state index in [0.29, 0.717) is 40.2 Å². The van der Waals surface area contributed by atoms with Crippen LogP contribution in [0, 0.1) is 6.92 Å². The quantitative estimate of drug-likeness (QED) is 0.256. The van der Waals surface area contributed by atoms with Crippen molar-refractivity contribution in [2.45, 2.75) is 30.3 Å². The summed E-state index contributed by atoms with van der Waals surface area (Å²) in [5, 5.41) is 2.94. The van der Waals surface area contributed by atoms with Crippen LogP contribution >= 0.6 is 23.4 Å². The van der Waals surface area contributed by atoms with Crippen molar-refractivity contribution < 1.29 is 39.5 Å². The van der Waals surface area contributed by atoms with Crippen molar-refractivity contribution in [1.29, 1.82) is 0 Å². The third-order valence-electron chi connectivity index (χ3n) is 4.38. The fourth-order valence-corrected chi connectivity index (χ4v) is 3.92. The lowest BCUT2D eigenvalue weighted by Gasteiger charge is -2.14. The number of nitrogens with zero attached hydrogens (tertiary/aromatic N) is 2. The van der Waals surface area contributed by atoms with Crippen LogP contribution in [-0.4, -0.2) is 21.7 Å². The van der Waals surface area contributed by atoms with Crippen LogP contribution in [0.15, 0.2) is 47.4 Å². The van der Waals surface area contributed by atoms with E-state index >= 15 is 0 Å². The Morgan fingerprint density at radius 3 is 2.09 bits per heavy atom. The summed E-state index contributed by atoms with van der Waals surface area (Å²) >= 11 is 6.39. The molecule has 3 aromatic rings. The molecular formula is C20H12ClF9N2S. The van der Waals surface area contributed by atoms with Gasteiger partial charge in [0.05, 0.1) is 27.7 Å². The van der Waals surface area contributed by atoms with E-state index in [9.17, 15) is 39.5 Å². The molecule has 33 heavy (non-hydrogen) atoms. The van der Waals surface area contributed by atoms with Crippen molar-refractivity contribution in [3.8, 4) is 16.9 Å². The van der Waals surface area contributed by atoms with Crippen LogP contribution in [0.4, 0.5) is 39.5 Å². The molecule has 2 aromatic carbocycles. The minimum Gasteiger partial charge on any atom is -0.231 e. The van der Waals surface area contributed by atoms with E-state index in [4.69, 9.17) is 11.6 Å². The summed E-state index contributed by atoms with van der Waals surface area (Å²) in [6.45, 7) is 1.54. The van der Waals surface area contributed by atoms with Gasteiger partial charge in [0, 0.05) is 10.5 Å². The maximum absolute atomic E-state index is 13.3. The molecule has 1 heterocycles. The lowest BCUT2D eigenvalue weighted by Crippen LogP contribution is -2.10. The summed E-state index contributed by atoms with van der Waals surface area (Å²) < 4.78 is 117. The fraction of sp³-hybridized carbons (Fsp3) is 0.250. The summed E-state index contributed by atoms with van der Waals surface area (Å²) in [6, 6.07) is 6.77. The monoisotopic (exact) mass is 518 g/mol. The molecule has 178 valence electrons. The van der Waals surface area contributed by atoms with Gasteiger partial charge in [0.1, 0.15) is 0 Å². The average molecular weight is 519 g/mol. The first kappa shape index (κ1) is 25.3. The van der Waals surface area contributed by atoms with Crippen LogP contribution in [0.25, 0.3) is 16.9 Å². The second kappa shape index (κ2) is 8.79. The molecule has 0 aliphatic rings. The molecule has 13 heteroatoms. The van der Waals surface area contributed by atoms with E-state index in [2.05, 4.69) is 5.10 Å². The van der Waals surface area contributed by atoms with E-state index in [1.54, 1.807) is 0 Å². The van der Waals surface area contributed by atoms with Crippen molar-refractivity contribution in [3.05, 3.63) is 64.3 Å². The van der Waals surface area contributed by atoms with Crippen LogP contribution in [0.3, 0.4) is 0 Å². The average Bonchev–Trinajstić information content (AvgIpc) is 3.11. The molecule has 0 aliphatic carbocycles. The van der Waals surface area contributed by atoms with Gasteiger partial charge in [-0.3, -0.25) is 0 Å². The number of halogens is 10. The second-order valence-corrected chi connectivity index (χ2v) is 8.30. The highest BCUT2D eigenvalue weighted by molar-refractivity contribution is 7.99. The molecule has 2 nitrogen and oxygen atoms in total. The Bertz CT molecular complexity index is 1160. The fourth-order valence-electron chi connectivity index (χ4n) is 2.84. The van der Waals surface area contributed by atoms with E-state index in [-0.39, 0.29) is 21.8 Å². The maximum Gasteiger partial charge on any atom is 0.435 e. The number of thioether (sulfide) groups is 1. The zero-order chi connectivity index (χ0) is 24.8. The Morgan fingerprint density at radius 1 is 0.879 bits per heavy atom. The first-order valence-corrected chi connectivity index (χ1v) is 10.3. The van der Waals surface area contributed by atoms with Crippen molar-refractivity contribution in [2.75, 3.05) is 5.75 Å². The molecule has 0 spiro atoms. The molecule has 0 N–H and O–H groups in total. The molecule has 3 rings (SSSR count).